The quantitative estimate of drug-likeness (QED) is 0.567. The molecule has 8 heteroatoms. The van der Waals surface area contributed by atoms with Gasteiger partial charge in [-0.3, -0.25) is 14.5 Å². The molecule has 0 radical (unpaired) electrons. The minimum atomic E-state index is -0.914. The van der Waals surface area contributed by atoms with E-state index in [0.717, 1.165) is 16.9 Å². The molecule has 30 heavy (non-hydrogen) atoms. The van der Waals surface area contributed by atoms with Gasteiger partial charge in [-0.05, 0) is 48.3 Å². The average molecular weight is 415 g/mol. The maximum atomic E-state index is 13.1. The van der Waals surface area contributed by atoms with Crippen molar-refractivity contribution in [3.63, 3.8) is 0 Å². The molecule has 2 atom stereocenters. The van der Waals surface area contributed by atoms with Gasteiger partial charge < -0.3 is 15.4 Å². The molecule has 1 aromatic rings. The molecule has 0 aromatic heterocycles. The number of carbonyl (C=O) groups is 4. The molecule has 2 fully saturated rings. The van der Waals surface area contributed by atoms with Crippen molar-refractivity contribution in [2.45, 2.75) is 52.1 Å². The number of hydrogen-bond acceptors (Lipinski definition) is 5. The number of rotatable bonds is 5. The Kier molecular flexibility index (Phi) is 5.87. The highest BCUT2D eigenvalue weighted by molar-refractivity contribution is 6.09. The number of carbonyl (C=O) groups excluding carboxylic acids is 4. The summed E-state index contributed by atoms with van der Waals surface area (Å²) in [6, 6.07) is 6.13. The van der Waals surface area contributed by atoms with E-state index in [0.29, 0.717) is 24.3 Å². The van der Waals surface area contributed by atoms with E-state index in [1.54, 1.807) is 24.3 Å². The first-order valence-electron chi connectivity index (χ1n) is 10.1. The predicted molar refractivity (Wildman–Crippen MR) is 109 cm³/mol. The summed E-state index contributed by atoms with van der Waals surface area (Å²) in [4.78, 5) is 50.4. The number of ether oxygens (including phenoxy) is 1. The molecule has 3 rings (SSSR count). The third-order valence-electron chi connectivity index (χ3n) is 5.79. The summed E-state index contributed by atoms with van der Waals surface area (Å²) in [5, 5.41) is 5.59. The van der Waals surface area contributed by atoms with E-state index in [2.05, 4.69) is 36.1 Å². The summed E-state index contributed by atoms with van der Waals surface area (Å²) in [6.07, 6.45) is 2.15. The van der Waals surface area contributed by atoms with Gasteiger partial charge in [-0.1, -0.05) is 32.9 Å². The van der Waals surface area contributed by atoms with Crippen LogP contribution in [0.1, 0.15) is 56.0 Å². The Morgan fingerprint density at radius 2 is 1.87 bits per heavy atom. The van der Waals surface area contributed by atoms with Crippen molar-refractivity contribution in [1.82, 2.24) is 15.5 Å². The van der Waals surface area contributed by atoms with E-state index in [1.165, 1.54) is 7.11 Å². The molecule has 1 saturated carbocycles. The maximum Gasteiger partial charge on any atom is 0.337 e. The monoisotopic (exact) mass is 415 g/mol. The van der Waals surface area contributed by atoms with Crippen LogP contribution in [0.25, 0.3) is 0 Å². The first-order valence-corrected chi connectivity index (χ1v) is 10.1. The van der Waals surface area contributed by atoms with Crippen molar-refractivity contribution in [1.29, 1.82) is 0 Å². The normalized spacial score (nSPS) is 25.2. The van der Waals surface area contributed by atoms with Crippen molar-refractivity contribution < 1.29 is 23.9 Å². The number of imide groups is 1. The van der Waals surface area contributed by atoms with Crippen LogP contribution in [0.2, 0.25) is 0 Å². The largest absolute Gasteiger partial charge is 0.465 e. The van der Waals surface area contributed by atoms with Crippen LogP contribution in [0.4, 0.5) is 4.79 Å². The standard InChI is InChI=1S/C22H29N3O5/c1-14-9-21(2,3)13-22(10-14)19(28)25(20(29)24-22)12-17(26)23-11-15-5-7-16(8-6-15)18(27)30-4/h5-8,14H,9-13H2,1-4H3,(H,23,26)(H,24,29)/t14-,22-/m0/s1. The van der Waals surface area contributed by atoms with Gasteiger partial charge in [0.05, 0.1) is 12.7 Å². The van der Waals surface area contributed by atoms with E-state index in [9.17, 15) is 19.2 Å². The third kappa shape index (κ3) is 4.47. The number of nitrogens with one attached hydrogen (secondary N) is 2. The second kappa shape index (κ2) is 8.08. The van der Waals surface area contributed by atoms with Crippen LogP contribution in [0.5, 0.6) is 0 Å². The van der Waals surface area contributed by atoms with Crippen molar-refractivity contribution in [3.05, 3.63) is 35.4 Å². The van der Waals surface area contributed by atoms with Crippen LogP contribution in [0.15, 0.2) is 24.3 Å². The van der Waals surface area contributed by atoms with Crippen LogP contribution < -0.4 is 10.6 Å². The molecule has 2 N–H and O–H groups in total. The first kappa shape index (κ1) is 21.8. The Bertz CT molecular complexity index is 864. The zero-order valence-corrected chi connectivity index (χ0v) is 17.9. The fourth-order valence-electron chi connectivity index (χ4n) is 4.93. The predicted octanol–water partition coefficient (Wildman–Crippen LogP) is 2.23. The molecule has 1 aliphatic carbocycles. The third-order valence-corrected chi connectivity index (χ3v) is 5.79. The molecular weight excluding hydrogens is 386 g/mol. The highest BCUT2D eigenvalue weighted by Gasteiger charge is 2.56. The van der Waals surface area contributed by atoms with Gasteiger partial charge >= 0.3 is 12.0 Å². The number of benzene rings is 1. The van der Waals surface area contributed by atoms with Gasteiger partial charge in [0.15, 0.2) is 0 Å². The van der Waals surface area contributed by atoms with E-state index in [-0.39, 0.29) is 24.4 Å². The highest BCUT2D eigenvalue weighted by atomic mass is 16.5. The molecule has 1 spiro atoms. The van der Waals surface area contributed by atoms with Gasteiger partial charge in [0, 0.05) is 6.54 Å². The molecule has 0 bridgehead atoms. The molecule has 1 aliphatic heterocycles. The molecule has 8 nitrogen and oxygen atoms in total. The maximum absolute atomic E-state index is 13.1. The number of amides is 4. The Hall–Kier alpha value is -2.90. The van der Waals surface area contributed by atoms with Crippen LogP contribution in [0, 0.1) is 11.3 Å². The van der Waals surface area contributed by atoms with E-state index < -0.39 is 23.4 Å². The molecular formula is C22H29N3O5. The summed E-state index contributed by atoms with van der Waals surface area (Å²) in [5.74, 6) is -0.863. The van der Waals surface area contributed by atoms with Crippen molar-refractivity contribution in [2.24, 2.45) is 11.3 Å². The number of hydrogen-bond donors (Lipinski definition) is 2. The van der Waals surface area contributed by atoms with E-state index >= 15 is 0 Å². The average Bonchev–Trinajstić information content (AvgIpc) is 2.87. The number of methoxy groups -OCH3 is 1. The van der Waals surface area contributed by atoms with Gasteiger partial charge in [0.1, 0.15) is 12.1 Å². The highest BCUT2D eigenvalue weighted by Crippen LogP contribution is 2.46. The van der Waals surface area contributed by atoms with Crippen molar-refractivity contribution in [3.8, 4) is 0 Å². The lowest BCUT2D eigenvalue weighted by molar-refractivity contribution is -0.137. The molecule has 1 saturated heterocycles. The van der Waals surface area contributed by atoms with Gasteiger partial charge in [-0.25, -0.2) is 9.59 Å². The van der Waals surface area contributed by atoms with Crippen molar-refractivity contribution in [2.75, 3.05) is 13.7 Å². The van der Waals surface area contributed by atoms with Crippen LogP contribution in [-0.4, -0.2) is 47.9 Å². The molecule has 2 aliphatic rings. The second-order valence-corrected chi connectivity index (χ2v) is 9.22. The molecule has 1 heterocycles. The number of esters is 1. The Morgan fingerprint density at radius 3 is 2.47 bits per heavy atom. The summed E-state index contributed by atoms with van der Waals surface area (Å²) in [6.45, 7) is 6.19. The lowest BCUT2D eigenvalue weighted by Crippen LogP contribution is -2.54. The van der Waals surface area contributed by atoms with Gasteiger partial charge in [-0.2, -0.15) is 0 Å². The summed E-state index contributed by atoms with van der Waals surface area (Å²) in [5.41, 5.74) is 0.228. The van der Waals surface area contributed by atoms with Crippen LogP contribution in [0.3, 0.4) is 0 Å². The fourth-order valence-corrected chi connectivity index (χ4v) is 4.93. The lowest BCUT2D eigenvalue weighted by atomic mass is 9.64. The zero-order chi connectivity index (χ0) is 22.1. The molecule has 4 amide bonds. The fraction of sp³-hybridized carbons (Fsp3) is 0.545. The Balaban J connectivity index is 1.59. The van der Waals surface area contributed by atoms with Gasteiger partial charge in [0.2, 0.25) is 5.91 Å². The van der Waals surface area contributed by atoms with Gasteiger partial charge in [-0.15, -0.1) is 0 Å². The second-order valence-electron chi connectivity index (χ2n) is 9.22. The number of nitrogens with zero attached hydrogens (tertiary/aromatic N) is 1. The summed E-state index contributed by atoms with van der Waals surface area (Å²) < 4.78 is 4.65. The smallest absolute Gasteiger partial charge is 0.337 e. The van der Waals surface area contributed by atoms with E-state index in [1.807, 2.05) is 0 Å². The number of urea groups is 1. The minimum absolute atomic E-state index is 0.0603. The lowest BCUT2D eigenvalue weighted by Gasteiger charge is -2.43. The van der Waals surface area contributed by atoms with Crippen LogP contribution in [-0.2, 0) is 20.9 Å². The SMILES string of the molecule is COC(=O)c1ccc(CNC(=O)CN2C(=O)N[C@]3(C[C@@H](C)CC(C)(C)C3)C2=O)cc1. The zero-order valence-electron chi connectivity index (χ0n) is 17.9. The van der Waals surface area contributed by atoms with Crippen LogP contribution >= 0.6 is 0 Å². The van der Waals surface area contributed by atoms with Crippen molar-refractivity contribution >= 4 is 23.8 Å². The minimum Gasteiger partial charge on any atom is -0.465 e. The first-order chi connectivity index (χ1) is 14.0. The topological polar surface area (TPSA) is 105 Å². The van der Waals surface area contributed by atoms with Gasteiger partial charge in [0.25, 0.3) is 5.91 Å². The Labute approximate surface area is 176 Å². The molecule has 162 valence electrons. The molecule has 0 unspecified atom stereocenters. The summed E-state index contributed by atoms with van der Waals surface area (Å²) in [7, 11) is 1.31. The summed E-state index contributed by atoms with van der Waals surface area (Å²) >= 11 is 0. The Morgan fingerprint density at radius 1 is 1.20 bits per heavy atom. The van der Waals surface area contributed by atoms with E-state index in [4.69, 9.17) is 0 Å². The molecule has 1 aromatic carbocycles.